The molecule has 0 amide bonds. The first-order valence-electron chi connectivity index (χ1n) is 4.71. The zero-order valence-corrected chi connectivity index (χ0v) is 7.51. The standard InChI is InChI=1S/C11H15N/c1-2-3-7-12-11-8-9-5-4-6-10(9)11/h4,6,9-12H,5,7-8H2,1H3. The summed E-state index contributed by atoms with van der Waals surface area (Å²) in [7, 11) is 0. The van der Waals surface area contributed by atoms with Gasteiger partial charge < -0.3 is 5.32 Å². The maximum atomic E-state index is 3.47. The number of nitrogens with one attached hydrogen (secondary N) is 1. The Labute approximate surface area is 74.2 Å². The maximum absolute atomic E-state index is 3.47. The molecule has 64 valence electrons. The van der Waals surface area contributed by atoms with Crippen molar-refractivity contribution in [2.75, 3.05) is 6.54 Å². The molecule has 0 spiro atoms. The Balaban J connectivity index is 1.76. The van der Waals surface area contributed by atoms with E-state index in [0.29, 0.717) is 0 Å². The summed E-state index contributed by atoms with van der Waals surface area (Å²) in [5, 5.41) is 3.47. The van der Waals surface area contributed by atoms with E-state index in [1.807, 2.05) is 6.92 Å². The van der Waals surface area contributed by atoms with Crippen LogP contribution in [0, 0.1) is 23.7 Å². The number of hydrogen-bond acceptors (Lipinski definition) is 1. The lowest BCUT2D eigenvalue weighted by atomic mass is 9.71. The minimum atomic E-state index is 0.717. The summed E-state index contributed by atoms with van der Waals surface area (Å²) >= 11 is 0. The van der Waals surface area contributed by atoms with Crippen LogP contribution in [-0.2, 0) is 0 Å². The van der Waals surface area contributed by atoms with Crippen LogP contribution in [0.5, 0.6) is 0 Å². The predicted octanol–water partition coefficient (Wildman–Crippen LogP) is 1.56. The summed E-state index contributed by atoms with van der Waals surface area (Å²) in [6, 6.07) is 0.717. The molecule has 0 saturated heterocycles. The van der Waals surface area contributed by atoms with E-state index in [1.165, 1.54) is 12.8 Å². The Bertz CT molecular complexity index is 243. The van der Waals surface area contributed by atoms with Crippen LogP contribution in [0.3, 0.4) is 0 Å². The summed E-state index contributed by atoms with van der Waals surface area (Å²) in [5.41, 5.74) is 0. The maximum Gasteiger partial charge on any atom is 0.0578 e. The molecule has 0 radical (unpaired) electrons. The first-order valence-corrected chi connectivity index (χ1v) is 4.71. The van der Waals surface area contributed by atoms with Gasteiger partial charge in [-0.3, -0.25) is 0 Å². The Morgan fingerprint density at radius 2 is 2.50 bits per heavy atom. The molecule has 1 heteroatoms. The molecular weight excluding hydrogens is 146 g/mol. The Morgan fingerprint density at radius 1 is 1.58 bits per heavy atom. The number of fused-ring (bicyclic) bond motifs is 1. The molecular formula is C11H15N. The van der Waals surface area contributed by atoms with Crippen molar-refractivity contribution in [2.45, 2.75) is 25.8 Å². The van der Waals surface area contributed by atoms with Gasteiger partial charge in [-0.15, -0.1) is 5.92 Å². The normalized spacial score (nSPS) is 36.6. The molecule has 1 nitrogen and oxygen atoms in total. The number of allylic oxidation sites excluding steroid dienone is 1. The van der Waals surface area contributed by atoms with Crippen LogP contribution in [0.2, 0.25) is 0 Å². The molecule has 0 aromatic carbocycles. The molecule has 2 aliphatic rings. The SMILES string of the molecule is CC#CCNC1CC2CC=CC21. The van der Waals surface area contributed by atoms with Gasteiger partial charge >= 0.3 is 0 Å². The number of hydrogen-bond donors (Lipinski definition) is 1. The zero-order chi connectivity index (χ0) is 8.39. The highest BCUT2D eigenvalue weighted by molar-refractivity contribution is 5.13. The van der Waals surface area contributed by atoms with Crippen molar-refractivity contribution in [3.63, 3.8) is 0 Å². The van der Waals surface area contributed by atoms with Gasteiger partial charge in [-0.25, -0.2) is 0 Å². The van der Waals surface area contributed by atoms with Crippen molar-refractivity contribution in [1.82, 2.24) is 5.32 Å². The first-order chi connectivity index (χ1) is 5.92. The topological polar surface area (TPSA) is 12.0 Å². The van der Waals surface area contributed by atoms with Crippen molar-refractivity contribution < 1.29 is 0 Å². The van der Waals surface area contributed by atoms with Crippen LogP contribution >= 0.6 is 0 Å². The van der Waals surface area contributed by atoms with E-state index in [0.717, 1.165) is 24.4 Å². The van der Waals surface area contributed by atoms with E-state index in [9.17, 15) is 0 Å². The Kier molecular flexibility index (Phi) is 2.19. The van der Waals surface area contributed by atoms with E-state index in [-0.39, 0.29) is 0 Å². The summed E-state index contributed by atoms with van der Waals surface area (Å²) in [5.74, 6) is 7.72. The van der Waals surface area contributed by atoms with Gasteiger partial charge in [0.2, 0.25) is 0 Å². The van der Waals surface area contributed by atoms with Crippen molar-refractivity contribution in [3.05, 3.63) is 12.2 Å². The van der Waals surface area contributed by atoms with Crippen molar-refractivity contribution in [1.29, 1.82) is 0 Å². The average Bonchev–Trinajstić information content (AvgIpc) is 2.41. The van der Waals surface area contributed by atoms with Gasteiger partial charge in [0.05, 0.1) is 6.54 Å². The van der Waals surface area contributed by atoms with E-state index in [2.05, 4.69) is 29.3 Å². The van der Waals surface area contributed by atoms with E-state index < -0.39 is 0 Å². The van der Waals surface area contributed by atoms with Crippen LogP contribution in [-0.4, -0.2) is 12.6 Å². The van der Waals surface area contributed by atoms with Gasteiger partial charge in [0.1, 0.15) is 0 Å². The highest BCUT2D eigenvalue weighted by Gasteiger charge is 2.40. The molecule has 0 heterocycles. The minimum absolute atomic E-state index is 0.717. The fourth-order valence-corrected chi connectivity index (χ4v) is 2.22. The molecule has 3 unspecified atom stereocenters. The molecule has 0 aromatic heterocycles. The Morgan fingerprint density at radius 3 is 3.25 bits per heavy atom. The lowest BCUT2D eigenvalue weighted by Crippen LogP contribution is -2.48. The van der Waals surface area contributed by atoms with Crippen molar-refractivity contribution >= 4 is 0 Å². The van der Waals surface area contributed by atoms with Crippen LogP contribution in [0.1, 0.15) is 19.8 Å². The summed E-state index contributed by atoms with van der Waals surface area (Å²) in [4.78, 5) is 0. The van der Waals surface area contributed by atoms with E-state index >= 15 is 0 Å². The molecule has 3 atom stereocenters. The molecule has 1 fully saturated rings. The number of rotatable bonds is 2. The predicted molar refractivity (Wildman–Crippen MR) is 50.6 cm³/mol. The molecule has 1 saturated carbocycles. The fraction of sp³-hybridized carbons (Fsp3) is 0.636. The molecule has 0 aliphatic heterocycles. The van der Waals surface area contributed by atoms with Gasteiger partial charge in [0, 0.05) is 6.04 Å². The summed E-state index contributed by atoms with van der Waals surface area (Å²) in [6.45, 7) is 2.75. The molecule has 0 aromatic rings. The third kappa shape index (κ3) is 1.28. The second kappa shape index (κ2) is 3.33. The van der Waals surface area contributed by atoms with Crippen molar-refractivity contribution in [2.24, 2.45) is 11.8 Å². The van der Waals surface area contributed by atoms with Gasteiger partial charge in [0.15, 0.2) is 0 Å². The van der Waals surface area contributed by atoms with Crippen LogP contribution in [0.25, 0.3) is 0 Å². The zero-order valence-electron chi connectivity index (χ0n) is 7.51. The third-order valence-corrected chi connectivity index (χ3v) is 2.99. The second-order valence-corrected chi connectivity index (χ2v) is 3.65. The van der Waals surface area contributed by atoms with Gasteiger partial charge in [-0.05, 0) is 31.6 Å². The third-order valence-electron chi connectivity index (χ3n) is 2.99. The molecule has 2 aliphatic carbocycles. The van der Waals surface area contributed by atoms with Gasteiger partial charge in [-0.1, -0.05) is 18.1 Å². The highest BCUT2D eigenvalue weighted by Crippen LogP contribution is 2.42. The quantitative estimate of drug-likeness (QED) is 0.479. The van der Waals surface area contributed by atoms with Crippen LogP contribution in [0.15, 0.2) is 12.2 Å². The van der Waals surface area contributed by atoms with Crippen LogP contribution in [0.4, 0.5) is 0 Å². The molecule has 0 bridgehead atoms. The summed E-state index contributed by atoms with van der Waals surface area (Å²) in [6.07, 6.45) is 7.35. The summed E-state index contributed by atoms with van der Waals surface area (Å²) < 4.78 is 0. The molecule has 12 heavy (non-hydrogen) atoms. The molecule has 1 N–H and O–H groups in total. The van der Waals surface area contributed by atoms with Gasteiger partial charge in [0.25, 0.3) is 0 Å². The highest BCUT2D eigenvalue weighted by atomic mass is 14.9. The Hall–Kier alpha value is -0.740. The lowest BCUT2D eigenvalue weighted by molar-refractivity contribution is 0.168. The fourth-order valence-electron chi connectivity index (χ4n) is 2.22. The van der Waals surface area contributed by atoms with Gasteiger partial charge in [-0.2, -0.15) is 0 Å². The average molecular weight is 161 g/mol. The molecule has 2 rings (SSSR count). The minimum Gasteiger partial charge on any atom is -0.303 e. The monoisotopic (exact) mass is 161 g/mol. The van der Waals surface area contributed by atoms with E-state index in [4.69, 9.17) is 0 Å². The van der Waals surface area contributed by atoms with E-state index in [1.54, 1.807) is 0 Å². The lowest BCUT2D eigenvalue weighted by Gasteiger charge is -2.40. The first kappa shape index (κ1) is 7.89. The van der Waals surface area contributed by atoms with Crippen LogP contribution < -0.4 is 5.32 Å². The second-order valence-electron chi connectivity index (χ2n) is 3.65. The smallest absolute Gasteiger partial charge is 0.0578 e. The van der Waals surface area contributed by atoms with Crippen molar-refractivity contribution in [3.8, 4) is 11.8 Å². The largest absolute Gasteiger partial charge is 0.303 e.